The number of hydrogen-bond donors (Lipinski definition) is 2. The summed E-state index contributed by atoms with van der Waals surface area (Å²) in [5.74, 6) is 1.62. The van der Waals surface area contributed by atoms with Crippen LogP contribution in [0.25, 0.3) is 0 Å². The first-order valence-corrected chi connectivity index (χ1v) is 7.33. The molecule has 3 rings (SSSR count). The molecule has 10 nitrogen and oxygen atoms in total. The molecule has 1 fully saturated rings. The Balaban J connectivity index is 1.43. The van der Waals surface area contributed by atoms with Crippen LogP contribution in [0.1, 0.15) is 43.3 Å². The standard InChI is InChI=1S/C12H18N8O2/c13-12-16-18-19-20(12)7-10(21)14-6-5-9-15-11(22-17-9)8-3-1-2-4-8/h8H,1-7H2,(H,14,21)(H2,13,16,19). The normalized spacial score (nSPS) is 15.3. The highest BCUT2D eigenvalue weighted by molar-refractivity contribution is 5.75. The van der Waals surface area contributed by atoms with Crippen molar-refractivity contribution in [3.8, 4) is 0 Å². The summed E-state index contributed by atoms with van der Waals surface area (Å²) in [5.41, 5.74) is 5.49. The van der Waals surface area contributed by atoms with Gasteiger partial charge in [-0.05, 0) is 23.3 Å². The highest BCUT2D eigenvalue weighted by Crippen LogP contribution is 2.32. The molecule has 0 unspecified atom stereocenters. The van der Waals surface area contributed by atoms with E-state index in [-0.39, 0.29) is 18.4 Å². The van der Waals surface area contributed by atoms with Crippen LogP contribution >= 0.6 is 0 Å². The zero-order valence-corrected chi connectivity index (χ0v) is 12.1. The molecule has 2 aromatic heterocycles. The first kappa shape index (κ1) is 14.4. The van der Waals surface area contributed by atoms with Gasteiger partial charge in [0.25, 0.3) is 0 Å². The largest absolute Gasteiger partial charge is 0.367 e. The molecule has 2 aromatic rings. The zero-order chi connectivity index (χ0) is 15.4. The first-order chi connectivity index (χ1) is 10.7. The second kappa shape index (κ2) is 6.50. The fourth-order valence-electron chi connectivity index (χ4n) is 2.54. The second-order valence-corrected chi connectivity index (χ2v) is 5.32. The molecule has 0 aromatic carbocycles. The molecule has 0 radical (unpaired) electrons. The summed E-state index contributed by atoms with van der Waals surface area (Å²) in [6.45, 7) is 0.406. The van der Waals surface area contributed by atoms with Gasteiger partial charge in [0.1, 0.15) is 6.54 Å². The van der Waals surface area contributed by atoms with Gasteiger partial charge in [0, 0.05) is 18.9 Å². The minimum absolute atomic E-state index is 0.0155. The molecule has 1 amide bonds. The average Bonchev–Trinajstić information content (AvgIpc) is 3.21. The molecule has 0 bridgehead atoms. The maximum absolute atomic E-state index is 11.7. The lowest BCUT2D eigenvalue weighted by molar-refractivity contribution is -0.121. The van der Waals surface area contributed by atoms with Gasteiger partial charge in [-0.2, -0.15) is 4.98 Å². The molecule has 3 N–H and O–H groups in total. The van der Waals surface area contributed by atoms with E-state index >= 15 is 0 Å². The van der Waals surface area contributed by atoms with E-state index in [2.05, 4.69) is 31.0 Å². The number of carbonyl (C=O) groups is 1. The second-order valence-electron chi connectivity index (χ2n) is 5.32. The lowest BCUT2D eigenvalue weighted by Crippen LogP contribution is -2.30. The molecule has 0 saturated heterocycles. The Morgan fingerprint density at radius 2 is 2.23 bits per heavy atom. The third-order valence-corrected chi connectivity index (χ3v) is 3.71. The zero-order valence-electron chi connectivity index (χ0n) is 12.1. The molecule has 10 heteroatoms. The number of anilines is 1. The predicted octanol–water partition coefficient (Wildman–Crippen LogP) is -0.345. The van der Waals surface area contributed by atoms with E-state index in [4.69, 9.17) is 10.3 Å². The minimum atomic E-state index is -0.224. The fraction of sp³-hybridized carbons (Fsp3) is 0.667. The highest BCUT2D eigenvalue weighted by atomic mass is 16.5. The number of carbonyl (C=O) groups excluding carboxylic acids is 1. The van der Waals surface area contributed by atoms with Crippen molar-refractivity contribution in [2.45, 2.75) is 44.6 Å². The lowest BCUT2D eigenvalue weighted by atomic mass is 10.1. The van der Waals surface area contributed by atoms with Crippen LogP contribution in [-0.2, 0) is 17.8 Å². The van der Waals surface area contributed by atoms with Crippen LogP contribution in [0.4, 0.5) is 5.95 Å². The third kappa shape index (κ3) is 3.38. The molecular formula is C12H18N8O2. The van der Waals surface area contributed by atoms with E-state index < -0.39 is 0 Å². The maximum Gasteiger partial charge on any atom is 0.241 e. The van der Waals surface area contributed by atoms with Gasteiger partial charge >= 0.3 is 0 Å². The molecule has 0 spiro atoms. The quantitative estimate of drug-likeness (QED) is 0.739. The van der Waals surface area contributed by atoms with Gasteiger partial charge in [0.15, 0.2) is 5.82 Å². The van der Waals surface area contributed by atoms with Crippen LogP contribution < -0.4 is 11.1 Å². The Bertz CT molecular complexity index is 631. The molecule has 1 aliphatic carbocycles. The topological polar surface area (TPSA) is 138 Å². The highest BCUT2D eigenvalue weighted by Gasteiger charge is 2.22. The monoisotopic (exact) mass is 306 g/mol. The third-order valence-electron chi connectivity index (χ3n) is 3.71. The van der Waals surface area contributed by atoms with Crippen molar-refractivity contribution in [1.29, 1.82) is 0 Å². The summed E-state index contributed by atoms with van der Waals surface area (Å²) in [7, 11) is 0. The van der Waals surface area contributed by atoms with Gasteiger partial charge in [0.2, 0.25) is 17.7 Å². The Morgan fingerprint density at radius 3 is 2.95 bits per heavy atom. The smallest absolute Gasteiger partial charge is 0.241 e. The van der Waals surface area contributed by atoms with Gasteiger partial charge in [-0.3, -0.25) is 4.79 Å². The van der Waals surface area contributed by atoms with Crippen molar-refractivity contribution in [2.24, 2.45) is 0 Å². The summed E-state index contributed by atoms with van der Waals surface area (Å²) < 4.78 is 6.51. The van der Waals surface area contributed by atoms with Gasteiger partial charge in [-0.1, -0.05) is 23.1 Å². The Morgan fingerprint density at radius 1 is 1.41 bits per heavy atom. The summed E-state index contributed by atoms with van der Waals surface area (Å²) in [6.07, 6.45) is 5.20. The first-order valence-electron chi connectivity index (χ1n) is 7.33. The number of amides is 1. The molecule has 22 heavy (non-hydrogen) atoms. The fourth-order valence-corrected chi connectivity index (χ4v) is 2.54. The number of nitrogens with one attached hydrogen (secondary N) is 1. The number of aromatic nitrogens is 6. The number of nitrogens with two attached hydrogens (primary N) is 1. The molecule has 118 valence electrons. The van der Waals surface area contributed by atoms with Gasteiger partial charge < -0.3 is 15.6 Å². The summed E-state index contributed by atoms with van der Waals surface area (Å²) >= 11 is 0. The molecule has 1 saturated carbocycles. The summed E-state index contributed by atoms with van der Waals surface area (Å²) in [5, 5.41) is 17.2. The van der Waals surface area contributed by atoms with E-state index in [0.29, 0.717) is 24.7 Å². The number of tetrazole rings is 1. The Labute approximate surface area is 126 Å². The average molecular weight is 306 g/mol. The Hall–Kier alpha value is -2.52. The van der Waals surface area contributed by atoms with Crippen molar-refractivity contribution in [3.05, 3.63) is 11.7 Å². The van der Waals surface area contributed by atoms with Crippen LogP contribution in [0.2, 0.25) is 0 Å². The van der Waals surface area contributed by atoms with E-state index in [1.54, 1.807) is 0 Å². The minimum Gasteiger partial charge on any atom is -0.367 e. The van der Waals surface area contributed by atoms with Crippen molar-refractivity contribution in [3.63, 3.8) is 0 Å². The molecule has 2 heterocycles. The van der Waals surface area contributed by atoms with Crippen LogP contribution in [0.5, 0.6) is 0 Å². The SMILES string of the molecule is Nc1nnnn1CC(=O)NCCc1noc(C2CCCC2)n1. The van der Waals surface area contributed by atoms with Crippen molar-refractivity contribution < 1.29 is 9.32 Å². The van der Waals surface area contributed by atoms with E-state index in [1.165, 1.54) is 17.5 Å². The number of hydrogen-bond acceptors (Lipinski definition) is 8. The van der Waals surface area contributed by atoms with E-state index in [1.807, 2.05) is 0 Å². The molecule has 1 aliphatic rings. The summed E-state index contributed by atoms with van der Waals surface area (Å²) in [4.78, 5) is 16.1. The maximum atomic E-state index is 11.7. The van der Waals surface area contributed by atoms with E-state index in [0.717, 1.165) is 18.7 Å². The predicted molar refractivity (Wildman–Crippen MR) is 74.5 cm³/mol. The lowest BCUT2D eigenvalue weighted by Gasteiger charge is -2.03. The van der Waals surface area contributed by atoms with Crippen LogP contribution in [0.15, 0.2) is 4.52 Å². The van der Waals surface area contributed by atoms with Gasteiger partial charge in [-0.15, -0.1) is 0 Å². The molecular weight excluding hydrogens is 288 g/mol. The van der Waals surface area contributed by atoms with Crippen molar-refractivity contribution in [1.82, 2.24) is 35.7 Å². The van der Waals surface area contributed by atoms with Crippen LogP contribution in [0.3, 0.4) is 0 Å². The van der Waals surface area contributed by atoms with Crippen molar-refractivity contribution >= 4 is 11.9 Å². The number of rotatable bonds is 6. The van der Waals surface area contributed by atoms with Crippen LogP contribution in [-0.4, -0.2) is 42.8 Å². The van der Waals surface area contributed by atoms with E-state index in [9.17, 15) is 4.79 Å². The van der Waals surface area contributed by atoms with Crippen molar-refractivity contribution in [2.75, 3.05) is 12.3 Å². The van der Waals surface area contributed by atoms with Gasteiger partial charge in [0.05, 0.1) is 0 Å². The molecule has 0 atom stereocenters. The number of nitrogen functional groups attached to an aromatic ring is 1. The molecule has 0 aliphatic heterocycles. The van der Waals surface area contributed by atoms with Gasteiger partial charge in [-0.25, -0.2) is 4.68 Å². The summed E-state index contributed by atoms with van der Waals surface area (Å²) in [6, 6.07) is 0. The van der Waals surface area contributed by atoms with Crippen LogP contribution in [0, 0.1) is 0 Å². The Kier molecular flexibility index (Phi) is 4.26. The number of nitrogens with zero attached hydrogens (tertiary/aromatic N) is 6.